The predicted octanol–water partition coefficient (Wildman–Crippen LogP) is 3.13. The zero-order valence-electron chi connectivity index (χ0n) is 12.2. The van der Waals surface area contributed by atoms with Gasteiger partial charge in [-0.3, -0.25) is 4.79 Å². The normalized spacial score (nSPS) is 11.7. The maximum absolute atomic E-state index is 11.4. The first-order chi connectivity index (χ1) is 10.1. The van der Waals surface area contributed by atoms with Gasteiger partial charge in [-0.05, 0) is 25.5 Å². The van der Waals surface area contributed by atoms with Crippen LogP contribution in [0, 0.1) is 0 Å². The summed E-state index contributed by atoms with van der Waals surface area (Å²) in [5.74, 6) is 0.831. The third kappa shape index (κ3) is 3.33. The van der Waals surface area contributed by atoms with Crippen molar-refractivity contribution < 1.29 is 9.53 Å². The van der Waals surface area contributed by atoms with Crippen LogP contribution in [-0.2, 0) is 9.53 Å². The molecular formula is C14H17ClN4O2. The first-order valence-electron chi connectivity index (χ1n) is 6.72. The van der Waals surface area contributed by atoms with Crippen LogP contribution >= 0.6 is 11.6 Å². The molecule has 0 bridgehead atoms. The highest BCUT2D eigenvalue weighted by Crippen LogP contribution is 2.29. The molecule has 0 aliphatic carbocycles. The Morgan fingerprint density at radius 1 is 1.52 bits per heavy atom. The van der Waals surface area contributed by atoms with Crippen LogP contribution in [0.1, 0.15) is 32.8 Å². The van der Waals surface area contributed by atoms with Gasteiger partial charge in [0.15, 0.2) is 11.5 Å². The van der Waals surface area contributed by atoms with E-state index in [0.29, 0.717) is 34.5 Å². The van der Waals surface area contributed by atoms with Crippen LogP contribution in [0.3, 0.4) is 0 Å². The number of amides is 1. The Balaban J connectivity index is 2.68. The number of hydrogen-bond donors (Lipinski definition) is 1. The van der Waals surface area contributed by atoms with E-state index in [2.05, 4.69) is 15.4 Å². The number of ether oxygens (including phenoxy) is 1. The highest BCUT2D eigenvalue weighted by Gasteiger charge is 2.20. The number of fused-ring (bicyclic) bond motifs is 1. The molecule has 0 aliphatic heterocycles. The standard InChI is InChI=1S/C14H17ClN4O2/c1-4-6-10(21-5-2)12-13(16-9(3)20)18-19-8-7-11(15)17-14(12)19/h6-8H,4-5H2,1-3H3,(H,16,18,20)/b10-6+. The smallest absolute Gasteiger partial charge is 0.222 e. The molecule has 0 radical (unpaired) electrons. The maximum Gasteiger partial charge on any atom is 0.222 e. The average Bonchev–Trinajstić information content (AvgIpc) is 2.74. The molecule has 2 heterocycles. The Bertz CT molecular complexity index is 694. The van der Waals surface area contributed by atoms with Gasteiger partial charge in [0.25, 0.3) is 0 Å². The molecule has 2 aromatic rings. The van der Waals surface area contributed by atoms with Crippen molar-refractivity contribution in [1.29, 1.82) is 0 Å². The first-order valence-corrected chi connectivity index (χ1v) is 7.10. The van der Waals surface area contributed by atoms with Crippen molar-refractivity contribution in [2.45, 2.75) is 27.2 Å². The first kappa shape index (κ1) is 15.3. The van der Waals surface area contributed by atoms with Crippen molar-refractivity contribution in [2.75, 3.05) is 11.9 Å². The van der Waals surface area contributed by atoms with Gasteiger partial charge in [0.05, 0.1) is 6.61 Å². The second-order valence-corrected chi connectivity index (χ2v) is 4.72. The van der Waals surface area contributed by atoms with Crippen LogP contribution in [0.4, 0.5) is 5.82 Å². The van der Waals surface area contributed by atoms with Crippen molar-refractivity contribution in [2.24, 2.45) is 0 Å². The molecular weight excluding hydrogens is 292 g/mol. The van der Waals surface area contributed by atoms with Gasteiger partial charge in [0.2, 0.25) is 5.91 Å². The van der Waals surface area contributed by atoms with E-state index in [1.165, 1.54) is 6.92 Å². The number of nitrogens with one attached hydrogen (secondary N) is 1. The Hall–Kier alpha value is -2.08. The number of nitrogens with zero attached hydrogens (tertiary/aromatic N) is 3. The van der Waals surface area contributed by atoms with E-state index in [0.717, 1.165) is 6.42 Å². The van der Waals surface area contributed by atoms with Crippen LogP contribution in [-0.4, -0.2) is 27.1 Å². The molecule has 1 N–H and O–H groups in total. The van der Waals surface area contributed by atoms with Crippen LogP contribution < -0.4 is 5.32 Å². The highest BCUT2D eigenvalue weighted by molar-refractivity contribution is 6.29. The summed E-state index contributed by atoms with van der Waals surface area (Å²) in [7, 11) is 0. The lowest BCUT2D eigenvalue weighted by molar-refractivity contribution is -0.114. The monoisotopic (exact) mass is 308 g/mol. The average molecular weight is 309 g/mol. The molecule has 1 amide bonds. The Kier molecular flexibility index (Phi) is 4.80. The molecule has 0 aromatic carbocycles. The number of carbonyl (C=O) groups is 1. The summed E-state index contributed by atoms with van der Waals surface area (Å²) in [5, 5.41) is 7.38. The van der Waals surface area contributed by atoms with Gasteiger partial charge in [-0.1, -0.05) is 18.5 Å². The summed E-state index contributed by atoms with van der Waals surface area (Å²) >= 11 is 5.96. The van der Waals surface area contributed by atoms with E-state index in [-0.39, 0.29) is 5.91 Å². The van der Waals surface area contributed by atoms with Gasteiger partial charge < -0.3 is 10.1 Å². The van der Waals surface area contributed by atoms with Gasteiger partial charge >= 0.3 is 0 Å². The minimum atomic E-state index is -0.210. The molecule has 21 heavy (non-hydrogen) atoms. The molecule has 0 fully saturated rings. The molecule has 112 valence electrons. The fourth-order valence-corrected chi connectivity index (χ4v) is 2.10. The van der Waals surface area contributed by atoms with Crippen molar-refractivity contribution in [3.63, 3.8) is 0 Å². The minimum absolute atomic E-state index is 0.210. The quantitative estimate of drug-likeness (QED) is 0.680. The van der Waals surface area contributed by atoms with E-state index >= 15 is 0 Å². The summed E-state index contributed by atoms with van der Waals surface area (Å²) in [4.78, 5) is 15.7. The second kappa shape index (κ2) is 6.58. The maximum atomic E-state index is 11.4. The zero-order valence-corrected chi connectivity index (χ0v) is 12.9. The lowest BCUT2D eigenvalue weighted by Gasteiger charge is -2.09. The molecule has 2 aromatic heterocycles. The predicted molar refractivity (Wildman–Crippen MR) is 82.2 cm³/mol. The third-order valence-electron chi connectivity index (χ3n) is 2.68. The molecule has 0 aliphatic rings. The minimum Gasteiger partial charge on any atom is -0.493 e. The summed E-state index contributed by atoms with van der Waals surface area (Å²) < 4.78 is 7.23. The second-order valence-electron chi connectivity index (χ2n) is 4.33. The van der Waals surface area contributed by atoms with Gasteiger partial charge in [0.1, 0.15) is 16.5 Å². The Labute approximate surface area is 127 Å². The Morgan fingerprint density at radius 2 is 2.29 bits per heavy atom. The SMILES string of the molecule is CC/C=C(/OCC)c1c(NC(C)=O)nn2ccc(Cl)nc12. The van der Waals surface area contributed by atoms with Gasteiger partial charge in [-0.15, -0.1) is 5.10 Å². The largest absolute Gasteiger partial charge is 0.493 e. The Morgan fingerprint density at radius 3 is 2.90 bits per heavy atom. The molecule has 2 rings (SSSR count). The molecule has 0 saturated heterocycles. The molecule has 7 heteroatoms. The fraction of sp³-hybridized carbons (Fsp3) is 0.357. The molecule has 0 atom stereocenters. The molecule has 6 nitrogen and oxygen atoms in total. The fourth-order valence-electron chi connectivity index (χ4n) is 1.96. The van der Waals surface area contributed by atoms with Crippen LogP contribution in [0.2, 0.25) is 5.15 Å². The zero-order chi connectivity index (χ0) is 15.4. The van der Waals surface area contributed by atoms with Gasteiger partial charge in [0, 0.05) is 13.1 Å². The van der Waals surface area contributed by atoms with Crippen molar-refractivity contribution in [3.8, 4) is 0 Å². The number of carbonyl (C=O) groups excluding carboxylic acids is 1. The van der Waals surface area contributed by atoms with Gasteiger partial charge in [-0.25, -0.2) is 9.50 Å². The summed E-state index contributed by atoms with van der Waals surface area (Å²) in [6.45, 7) is 5.83. The summed E-state index contributed by atoms with van der Waals surface area (Å²) in [6.07, 6.45) is 4.40. The number of anilines is 1. The van der Waals surface area contributed by atoms with Crippen molar-refractivity contribution in [3.05, 3.63) is 29.1 Å². The van der Waals surface area contributed by atoms with Gasteiger partial charge in [-0.2, -0.15) is 0 Å². The molecule has 0 saturated carbocycles. The van der Waals surface area contributed by atoms with Crippen LogP contribution in [0.5, 0.6) is 0 Å². The van der Waals surface area contributed by atoms with E-state index in [1.54, 1.807) is 16.8 Å². The lowest BCUT2D eigenvalue weighted by Crippen LogP contribution is -2.08. The van der Waals surface area contributed by atoms with E-state index < -0.39 is 0 Å². The topological polar surface area (TPSA) is 68.5 Å². The molecule has 0 spiro atoms. The third-order valence-corrected chi connectivity index (χ3v) is 2.89. The van der Waals surface area contributed by atoms with Crippen molar-refractivity contribution in [1.82, 2.24) is 14.6 Å². The lowest BCUT2D eigenvalue weighted by atomic mass is 10.2. The summed E-state index contributed by atoms with van der Waals surface area (Å²) in [6, 6.07) is 1.63. The summed E-state index contributed by atoms with van der Waals surface area (Å²) in [5.41, 5.74) is 1.18. The number of aromatic nitrogens is 3. The van der Waals surface area contributed by atoms with Crippen molar-refractivity contribution >= 4 is 34.7 Å². The molecule has 0 unspecified atom stereocenters. The number of halogens is 1. The highest BCUT2D eigenvalue weighted by atomic mass is 35.5. The van der Waals surface area contributed by atoms with Crippen LogP contribution in [0.15, 0.2) is 18.3 Å². The van der Waals surface area contributed by atoms with Crippen LogP contribution in [0.25, 0.3) is 11.4 Å². The van der Waals surface area contributed by atoms with E-state index in [9.17, 15) is 4.79 Å². The van der Waals surface area contributed by atoms with E-state index in [4.69, 9.17) is 16.3 Å². The number of hydrogen-bond acceptors (Lipinski definition) is 4. The van der Waals surface area contributed by atoms with E-state index in [1.807, 2.05) is 19.9 Å². The number of rotatable bonds is 5. The number of allylic oxidation sites excluding steroid dienone is 1.